The van der Waals surface area contributed by atoms with Crippen LogP contribution < -0.4 is 0 Å². The SMILES string of the molecule is Cc1nnc2n1-c1ccccc1C(c1ccccc1)=N[C@H]2CC(=O)OCc1ccccc1. The van der Waals surface area contributed by atoms with Gasteiger partial charge < -0.3 is 4.74 Å². The number of ether oxygens (including phenoxy) is 1. The number of esters is 1. The van der Waals surface area contributed by atoms with Crippen LogP contribution in [0.25, 0.3) is 5.69 Å². The number of carbonyl (C=O) groups is 1. The predicted octanol–water partition coefficient (Wildman–Crippen LogP) is 4.60. The van der Waals surface area contributed by atoms with Gasteiger partial charge in [0.1, 0.15) is 18.5 Å². The molecule has 0 amide bonds. The average Bonchev–Trinajstić information content (AvgIpc) is 3.16. The number of para-hydroxylation sites is 1. The summed E-state index contributed by atoms with van der Waals surface area (Å²) in [5.41, 5.74) is 4.68. The summed E-state index contributed by atoms with van der Waals surface area (Å²) in [6.07, 6.45) is 0.0787. The van der Waals surface area contributed by atoms with E-state index in [0.29, 0.717) is 5.82 Å². The van der Waals surface area contributed by atoms with Gasteiger partial charge in [0.15, 0.2) is 5.82 Å². The van der Waals surface area contributed by atoms with E-state index in [4.69, 9.17) is 9.73 Å². The lowest BCUT2D eigenvalue weighted by atomic mass is 10.0. The van der Waals surface area contributed by atoms with Gasteiger partial charge in [0.2, 0.25) is 0 Å². The van der Waals surface area contributed by atoms with E-state index >= 15 is 0 Å². The fourth-order valence-corrected chi connectivity index (χ4v) is 3.96. The van der Waals surface area contributed by atoms with Crippen LogP contribution in [-0.2, 0) is 16.1 Å². The molecule has 5 rings (SSSR count). The molecule has 0 radical (unpaired) electrons. The van der Waals surface area contributed by atoms with Crippen LogP contribution in [-0.4, -0.2) is 26.4 Å². The van der Waals surface area contributed by atoms with E-state index in [2.05, 4.69) is 10.2 Å². The lowest BCUT2D eigenvalue weighted by molar-refractivity contribution is -0.145. The van der Waals surface area contributed by atoms with E-state index in [1.807, 2.05) is 96.4 Å². The molecular weight excluding hydrogens is 400 g/mol. The lowest BCUT2D eigenvalue weighted by Gasteiger charge is -2.12. The first kappa shape index (κ1) is 19.9. The van der Waals surface area contributed by atoms with Gasteiger partial charge >= 0.3 is 5.97 Å². The summed E-state index contributed by atoms with van der Waals surface area (Å²) in [6, 6.07) is 27.2. The molecule has 0 aliphatic carbocycles. The van der Waals surface area contributed by atoms with Gasteiger partial charge in [-0.2, -0.15) is 0 Å². The molecule has 0 fully saturated rings. The first-order valence-corrected chi connectivity index (χ1v) is 10.5. The zero-order chi connectivity index (χ0) is 21.9. The zero-order valence-corrected chi connectivity index (χ0v) is 17.7. The van der Waals surface area contributed by atoms with Gasteiger partial charge in [0, 0.05) is 11.1 Å². The number of benzene rings is 3. The van der Waals surface area contributed by atoms with Gasteiger partial charge in [0.25, 0.3) is 0 Å². The van der Waals surface area contributed by atoms with Gasteiger partial charge in [-0.25, -0.2) is 0 Å². The molecule has 0 bridgehead atoms. The van der Waals surface area contributed by atoms with Crippen molar-refractivity contribution in [2.45, 2.75) is 26.0 Å². The van der Waals surface area contributed by atoms with E-state index in [1.54, 1.807) is 0 Å². The third kappa shape index (κ3) is 3.83. The summed E-state index contributed by atoms with van der Waals surface area (Å²) in [5, 5.41) is 8.67. The Kier molecular flexibility index (Phi) is 5.34. The second-order valence-corrected chi connectivity index (χ2v) is 7.67. The number of hydrogen-bond donors (Lipinski definition) is 0. The van der Waals surface area contributed by atoms with Crippen LogP contribution in [0.1, 0.15) is 40.8 Å². The Morgan fingerprint density at radius 3 is 2.38 bits per heavy atom. The van der Waals surface area contributed by atoms with Crippen LogP contribution in [0, 0.1) is 6.92 Å². The Morgan fingerprint density at radius 2 is 1.59 bits per heavy atom. The summed E-state index contributed by atoms with van der Waals surface area (Å²) in [4.78, 5) is 17.8. The first-order valence-electron chi connectivity index (χ1n) is 10.5. The molecule has 3 aromatic carbocycles. The van der Waals surface area contributed by atoms with Gasteiger partial charge in [-0.15, -0.1) is 10.2 Å². The summed E-state index contributed by atoms with van der Waals surface area (Å²) in [7, 11) is 0. The van der Waals surface area contributed by atoms with Crippen molar-refractivity contribution in [1.29, 1.82) is 0 Å². The minimum atomic E-state index is -0.512. The van der Waals surface area contributed by atoms with Crippen LogP contribution in [0.3, 0.4) is 0 Å². The van der Waals surface area contributed by atoms with E-state index in [0.717, 1.165) is 33.9 Å². The number of nitrogens with zero attached hydrogens (tertiary/aromatic N) is 4. The van der Waals surface area contributed by atoms with Crippen molar-refractivity contribution in [2.24, 2.45) is 4.99 Å². The van der Waals surface area contributed by atoms with E-state index < -0.39 is 6.04 Å². The minimum absolute atomic E-state index is 0.0787. The molecule has 1 aliphatic rings. The van der Waals surface area contributed by atoms with Crippen LogP contribution >= 0.6 is 0 Å². The fourth-order valence-electron chi connectivity index (χ4n) is 3.96. The Labute approximate surface area is 186 Å². The fraction of sp³-hybridized carbons (Fsp3) is 0.154. The third-order valence-corrected chi connectivity index (χ3v) is 5.48. The highest BCUT2D eigenvalue weighted by Gasteiger charge is 2.29. The smallest absolute Gasteiger partial charge is 0.308 e. The molecule has 0 saturated heterocycles. The summed E-state index contributed by atoms with van der Waals surface area (Å²) >= 11 is 0. The number of hydrogen-bond acceptors (Lipinski definition) is 5. The maximum atomic E-state index is 12.8. The van der Waals surface area contributed by atoms with Crippen LogP contribution in [0.5, 0.6) is 0 Å². The Hall–Kier alpha value is -4.06. The number of aliphatic imine (C=N–C) groups is 1. The van der Waals surface area contributed by atoms with Crippen LogP contribution in [0.4, 0.5) is 0 Å². The molecule has 1 atom stereocenters. The van der Waals surface area contributed by atoms with Gasteiger partial charge in [0.05, 0.1) is 17.8 Å². The largest absolute Gasteiger partial charge is 0.461 e. The Morgan fingerprint density at radius 1 is 0.906 bits per heavy atom. The second-order valence-electron chi connectivity index (χ2n) is 7.67. The van der Waals surface area contributed by atoms with E-state index in [1.165, 1.54) is 0 Å². The standard InChI is InChI=1S/C26H22N4O2/c1-18-28-29-26-22(16-24(31)32-17-19-10-4-2-5-11-19)27-25(20-12-6-3-7-13-20)21-14-8-9-15-23(21)30(18)26/h2-15,22H,16-17H2,1H3/t22-/m0/s1. The van der Waals surface area contributed by atoms with Crippen molar-refractivity contribution in [3.63, 3.8) is 0 Å². The molecule has 0 unspecified atom stereocenters. The molecule has 4 aromatic rings. The maximum absolute atomic E-state index is 12.8. The number of rotatable bonds is 5. The van der Waals surface area contributed by atoms with Gasteiger partial charge in [-0.1, -0.05) is 78.9 Å². The van der Waals surface area contributed by atoms with Crippen LogP contribution in [0.15, 0.2) is 89.9 Å². The van der Waals surface area contributed by atoms with Crippen molar-refractivity contribution < 1.29 is 9.53 Å². The molecule has 2 heterocycles. The molecule has 0 spiro atoms. The Bertz CT molecular complexity index is 1280. The van der Waals surface area contributed by atoms with Crippen molar-refractivity contribution in [3.05, 3.63) is 113 Å². The second kappa shape index (κ2) is 8.59. The molecule has 158 valence electrons. The van der Waals surface area contributed by atoms with Crippen molar-refractivity contribution >= 4 is 11.7 Å². The highest BCUT2D eigenvalue weighted by molar-refractivity contribution is 6.15. The Balaban J connectivity index is 1.53. The molecule has 6 heteroatoms. The maximum Gasteiger partial charge on any atom is 0.308 e. The van der Waals surface area contributed by atoms with Crippen molar-refractivity contribution in [2.75, 3.05) is 0 Å². The quantitative estimate of drug-likeness (QED) is 0.441. The number of aromatic nitrogens is 3. The summed E-state index contributed by atoms with van der Waals surface area (Å²) in [6.45, 7) is 2.14. The first-order chi connectivity index (χ1) is 15.7. The summed E-state index contributed by atoms with van der Waals surface area (Å²) in [5.74, 6) is 1.06. The topological polar surface area (TPSA) is 69.4 Å². The lowest BCUT2D eigenvalue weighted by Crippen LogP contribution is -2.13. The number of carbonyl (C=O) groups excluding carboxylic acids is 1. The number of fused-ring (bicyclic) bond motifs is 3. The van der Waals surface area contributed by atoms with Crippen molar-refractivity contribution in [3.8, 4) is 5.69 Å². The van der Waals surface area contributed by atoms with Crippen molar-refractivity contribution in [1.82, 2.24) is 14.8 Å². The molecule has 1 aromatic heterocycles. The molecular formula is C26H22N4O2. The van der Waals surface area contributed by atoms with Gasteiger partial charge in [-0.3, -0.25) is 14.4 Å². The molecule has 0 N–H and O–H groups in total. The summed E-state index contributed by atoms with van der Waals surface area (Å²) < 4.78 is 7.54. The van der Waals surface area contributed by atoms with E-state index in [9.17, 15) is 4.79 Å². The monoisotopic (exact) mass is 422 g/mol. The molecule has 1 aliphatic heterocycles. The average molecular weight is 422 g/mol. The van der Waals surface area contributed by atoms with Gasteiger partial charge in [-0.05, 0) is 18.6 Å². The molecule has 0 saturated carbocycles. The van der Waals surface area contributed by atoms with E-state index in [-0.39, 0.29) is 19.0 Å². The normalized spacial score (nSPS) is 14.7. The zero-order valence-electron chi connectivity index (χ0n) is 17.7. The molecule has 6 nitrogen and oxygen atoms in total. The molecule has 32 heavy (non-hydrogen) atoms. The highest BCUT2D eigenvalue weighted by atomic mass is 16.5. The van der Waals surface area contributed by atoms with Crippen LogP contribution in [0.2, 0.25) is 0 Å². The predicted molar refractivity (Wildman–Crippen MR) is 122 cm³/mol. The number of aryl methyl sites for hydroxylation is 1. The third-order valence-electron chi connectivity index (χ3n) is 5.48. The highest BCUT2D eigenvalue weighted by Crippen LogP contribution is 2.32. The minimum Gasteiger partial charge on any atom is -0.461 e.